The molecule has 1 aromatic rings. The summed E-state index contributed by atoms with van der Waals surface area (Å²) in [4.78, 5) is 18.8. The molecule has 0 atom stereocenters. The van der Waals surface area contributed by atoms with Crippen LogP contribution in [0.5, 0.6) is 0 Å². The van der Waals surface area contributed by atoms with Crippen LogP contribution in [0.3, 0.4) is 0 Å². The van der Waals surface area contributed by atoms with Crippen LogP contribution in [0.2, 0.25) is 0 Å². The third-order valence-electron chi connectivity index (χ3n) is 5.41. The van der Waals surface area contributed by atoms with Crippen LogP contribution in [0.15, 0.2) is 35.9 Å². The molecule has 0 spiro atoms. The van der Waals surface area contributed by atoms with Gasteiger partial charge in [-0.05, 0) is 56.4 Å². The van der Waals surface area contributed by atoms with E-state index in [4.69, 9.17) is 0 Å². The van der Waals surface area contributed by atoms with Crippen LogP contribution in [-0.4, -0.2) is 57.8 Å². The summed E-state index contributed by atoms with van der Waals surface area (Å²) in [6.07, 6.45) is 8.40. The van der Waals surface area contributed by atoms with E-state index in [1.54, 1.807) is 0 Å². The minimum Gasteiger partial charge on any atom is -0.378 e. The molecule has 5 heteroatoms. The number of carbonyl (C=O) groups is 1. The molecule has 2 amide bonds. The molecule has 1 fully saturated rings. The Morgan fingerprint density at radius 3 is 2.42 bits per heavy atom. The minimum atomic E-state index is 0.0871. The molecule has 1 heterocycles. The lowest BCUT2D eigenvalue weighted by molar-refractivity contribution is 0.194. The Morgan fingerprint density at radius 1 is 1.08 bits per heavy atom. The molecule has 1 saturated heterocycles. The van der Waals surface area contributed by atoms with Crippen LogP contribution >= 0.6 is 0 Å². The van der Waals surface area contributed by atoms with E-state index in [0.717, 1.165) is 39.1 Å². The maximum absolute atomic E-state index is 12.4. The van der Waals surface area contributed by atoms with E-state index in [9.17, 15) is 4.79 Å². The molecule has 0 saturated carbocycles. The molecule has 3 rings (SSSR count). The fraction of sp³-hybridized carbons (Fsp3) is 0.571. The van der Waals surface area contributed by atoms with Crippen molar-refractivity contribution < 1.29 is 4.79 Å². The summed E-state index contributed by atoms with van der Waals surface area (Å²) in [5.74, 6) is 0. The van der Waals surface area contributed by atoms with Crippen molar-refractivity contribution in [2.45, 2.75) is 32.1 Å². The smallest absolute Gasteiger partial charge is 0.317 e. The molecule has 0 radical (unpaired) electrons. The number of rotatable bonds is 5. The van der Waals surface area contributed by atoms with Crippen molar-refractivity contribution >= 4 is 17.4 Å². The lowest BCUT2D eigenvalue weighted by atomic mass is 9.97. The zero-order chi connectivity index (χ0) is 18.4. The SMILES string of the molecule is CN(C)c1ccc(N2CCN(C(=O)NCCC3=CCCCC3)CC2)cc1. The monoisotopic (exact) mass is 356 g/mol. The molecule has 1 aliphatic heterocycles. The minimum absolute atomic E-state index is 0.0871. The molecule has 5 nitrogen and oxygen atoms in total. The molecule has 1 N–H and O–H groups in total. The van der Waals surface area contributed by atoms with Crippen molar-refractivity contribution in [2.75, 3.05) is 56.6 Å². The van der Waals surface area contributed by atoms with Gasteiger partial charge in [-0.1, -0.05) is 11.6 Å². The first-order chi connectivity index (χ1) is 12.6. The fourth-order valence-corrected chi connectivity index (χ4v) is 3.70. The molecular formula is C21H32N4O. The second-order valence-electron chi connectivity index (χ2n) is 7.48. The predicted octanol–water partition coefficient (Wildman–Crippen LogP) is 3.47. The summed E-state index contributed by atoms with van der Waals surface area (Å²) in [5.41, 5.74) is 3.96. The van der Waals surface area contributed by atoms with Gasteiger partial charge in [0.25, 0.3) is 0 Å². The van der Waals surface area contributed by atoms with Gasteiger partial charge in [0.15, 0.2) is 0 Å². The highest BCUT2D eigenvalue weighted by Gasteiger charge is 2.21. The summed E-state index contributed by atoms with van der Waals surface area (Å²) in [6, 6.07) is 8.72. The zero-order valence-electron chi connectivity index (χ0n) is 16.2. The summed E-state index contributed by atoms with van der Waals surface area (Å²) >= 11 is 0. The number of hydrogen-bond donors (Lipinski definition) is 1. The van der Waals surface area contributed by atoms with Gasteiger partial charge in [0.05, 0.1) is 0 Å². The average molecular weight is 357 g/mol. The maximum atomic E-state index is 12.4. The quantitative estimate of drug-likeness (QED) is 0.821. The molecule has 26 heavy (non-hydrogen) atoms. The number of anilines is 2. The summed E-state index contributed by atoms with van der Waals surface area (Å²) in [6.45, 7) is 4.10. The van der Waals surface area contributed by atoms with Gasteiger partial charge in [0, 0.05) is 58.2 Å². The van der Waals surface area contributed by atoms with Gasteiger partial charge in [-0.2, -0.15) is 0 Å². The lowest BCUT2D eigenvalue weighted by Gasteiger charge is -2.36. The van der Waals surface area contributed by atoms with E-state index >= 15 is 0 Å². The lowest BCUT2D eigenvalue weighted by Crippen LogP contribution is -2.52. The predicted molar refractivity (Wildman–Crippen MR) is 109 cm³/mol. The maximum Gasteiger partial charge on any atom is 0.317 e. The molecule has 2 aliphatic rings. The second kappa shape index (κ2) is 8.97. The Balaban J connectivity index is 1.41. The van der Waals surface area contributed by atoms with Crippen LogP contribution in [0.4, 0.5) is 16.2 Å². The van der Waals surface area contributed by atoms with Gasteiger partial charge in [-0.25, -0.2) is 4.79 Å². The summed E-state index contributed by atoms with van der Waals surface area (Å²) in [7, 11) is 4.11. The highest BCUT2D eigenvalue weighted by atomic mass is 16.2. The van der Waals surface area contributed by atoms with E-state index in [1.807, 2.05) is 4.90 Å². The van der Waals surface area contributed by atoms with Crippen molar-refractivity contribution in [3.63, 3.8) is 0 Å². The van der Waals surface area contributed by atoms with Crippen LogP contribution in [0.1, 0.15) is 32.1 Å². The molecule has 1 aromatic carbocycles. The van der Waals surface area contributed by atoms with Crippen molar-refractivity contribution in [3.05, 3.63) is 35.9 Å². The Hall–Kier alpha value is -2.17. The second-order valence-corrected chi connectivity index (χ2v) is 7.48. The largest absolute Gasteiger partial charge is 0.378 e. The number of benzene rings is 1. The first kappa shape index (κ1) is 18.6. The number of allylic oxidation sites excluding steroid dienone is 1. The zero-order valence-corrected chi connectivity index (χ0v) is 16.2. The van der Waals surface area contributed by atoms with Crippen LogP contribution in [0.25, 0.3) is 0 Å². The molecule has 1 aliphatic carbocycles. The van der Waals surface area contributed by atoms with E-state index in [1.165, 1.54) is 42.6 Å². The normalized spacial score (nSPS) is 17.7. The number of nitrogens with zero attached hydrogens (tertiary/aromatic N) is 3. The fourth-order valence-electron chi connectivity index (χ4n) is 3.70. The highest BCUT2D eigenvalue weighted by Crippen LogP contribution is 2.21. The van der Waals surface area contributed by atoms with E-state index < -0.39 is 0 Å². The molecule has 142 valence electrons. The highest BCUT2D eigenvalue weighted by molar-refractivity contribution is 5.74. The number of hydrogen-bond acceptors (Lipinski definition) is 3. The molecule has 0 aromatic heterocycles. The standard InChI is InChI=1S/C21H32N4O/c1-23(2)19-8-10-20(11-9-19)24-14-16-25(17-15-24)21(26)22-13-12-18-6-4-3-5-7-18/h6,8-11H,3-5,7,12-17H2,1-2H3,(H,22,26). The Morgan fingerprint density at radius 2 is 1.81 bits per heavy atom. The van der Waals surface area contributed by atoms with Gasteiger partial charge >= 0.3 is 6.03 Å². The van der Waals surface area contributed by atoms with Gasteiger partial charge in [0.2, 0.25) is 0 Å². The molecule has 0 unspecified atom stereocenters. The van der Waals surface area contributed by atoms with Gasteiger partial charge in [-0.3, -0.25) is 0 Å². The van der Waals surface area contributed by atoms with Crippen molar-refractivity contribution in [1.29, 1.82) is 0 Å². The van der Waals surface area contributed by atoms with Crippen LogP contribution < -0.4 is 15.1 Å². The van der Waals surface area contributed by atoms with Crippen molar-refractivity contribution in [3.8, 4) is 0 Å². The van der Waals surface area contributed by atoms with Gasteiger partial charge in [0.1, 0.15) is 0 Å². The molecular weight excluding hydrogens is 324 g/mol. The number of piperazine rings is 1. The number of carbonyl (C=O) groups excluding carboxylic acids is 1. The third-order valence-corrected chi connectivity index (χ3v) is 5.41. The number of nitrogens with one attached hydrogen (secondary N) is 1. The Bertz CT molecular complexity index is 615. The van der Waals surface area contributed by atoms with Gasteiger partial charge < -0.3 is 20.0 Å². The number of urea groups is 1. The Kier molecular flexibility index (Phi) is 6.42. The van der Waals surface area contributed by atoms with E-state index in [-0.39, 0.29) is 6.03 Å². The van der Waals surface area contributed by atoms with E-state index in [0.29, 0.717) is 0 Å². The molecule has 0 bridgehead atoms. The first-order valence-electron chi connectivity index (χ1n) is 9.86. The third kappa shape index (κ3) is 4.93. The summed E-state index contributed by atoms with van der Waals surface area (Å²) in [5, 5.41) is 3.10. The van der Waals surface area contributed by atoms with Gasteiger partial charge in [-0.15, -0.1) is 0 Å². The van der Waals surface area contributed by atoms with Crippen LogP contribution in [-0.2, 0) is 0 Å². The van der Waals surface area contributed by atoms with Crippen molar-refractivity contribution in [2.24, 2.45) is 0 Å². The first-order valence-corrected chi connectivity index (χ1v) is 9.86. The van der Waals surface area contributed by atoms with Crippen molar-refractivity contribution in [1.82, 2.24) is 10.2 Å². The van der Waals surface area contributed by atoms with E-state index in [2.05, 4.69) is 59.6 Å². The topological polar surface area (TPSA) is 38.8 Å². The number of amides is 2. The average Bonchev–Trinajstić information content (AvgIpc) is 2.69. The Labute approximate surface area is 157 Å². The summed E-state index contributed by atoms with van der Waals surface area (Å²) < 4.78 is 0. The van der Waals surface area contributed by atoms with Crippen LogP contribution in [0, 0.1) is 0 Å².